The fourth-order valence-electron chi connectivity index (χ4n) is 5.70. The fourth-order valence-corrected chi connectivity index (χ4v) is 5.70. The first-order valence-electron chi connectivity index (χ1n) is 11.9. The van der Waals surface area contributed by atoms with E-state index < -0.39 is 46.3 Å². The van der Waals surface area contributed by atoms with E-state index in [2.05, 4.69) is 15.6 Å². The summed E-state index contributed by atoms with van der Waals surface area (Å²) in [5, 5.41) is 5.61. The van der Waals surface area contributed by atoms with Gasteiger partial charge in [-0.05, 0) is 51.5 Å². The Kier molecular flexibility index (Phi) is 5.51. The Hall–Kier alpha value is -3.59. The highest BCUT2D eigenvalue weighted by Crippen LogP contribution is 2.60. The molecule has 3 amide bonds. The second-order valence-electron chi connectivity index (χ2n) is 10.9. The number of hydrogen-bond acceptors (Lipinski definition) is 5. The molecule has 0 radical (unpaired) electrons. The largest absolute Gasteiger partial charge is 0.356 e. The fraction of sp³-hybridized carbons (Fsp3) is 0.407. The van der Waals surface area contributed by atoms with Gasteiger partial charge in [-0.1, -0.05) is 30.4 Å². The number of nitrogens with one attached hydrogen (secondary N) is 2. The summed E-state index contributed by atoms with van der Waals surface area (Å²) in [6.45, 7) is 7.42. The minimum absolute atomic E-state index is 0.0200. The molecule has 1 spiro atoms. The van der Waals surface area contributed by atoms with E-state index in [0.29, 0.717) is 0 Å². The number of ether oxygens (including phenoxy) is 1. The van der Waals surface area contributed by atoms with Gasteiger partial charge in [0.15, 0.2) is 0 Å². The Morgan fingerprint density at radius 2 is 1.89 bits per heavy atom. The molecule has 2 aromatic rings. The molecule has 0 saturated carbocycles. The molecule has 188 valence electrons. The second-order valence-corrected chi connectivity index (χ2v) is 10.9. The van der Waals surface area contributed by atoms with Gasteiger partial charge >= 0.3 is 0 Å². The molecule has 36 heavy (non-hydrogen) atoms. The third-order valence-corrected chi connectivity index (χ3v) is 7.03. The van der Waals surface area contributed by atoms with Crippen molar-refractivity contribution in [2.24, 2.45) is 11.8 Å². The van der Waals surface area contributed by atoms with Crippen LogP contribution in [-0.2, 0) is 25.7 Å². The van der Waals surface area contributed by atoms with Crippen molar-refractivity contribution in [2.75, 3.05) is 5.32 Å². The lowest BCUT2D eigenvalue weighted by atomic mass is 9.70. The van der Waals surface area contributed by atoms with Crippen LogP contribution < -0.4 is 10.6 Å². The third kappa shape index (κ3) is 3.78. The average Bonchev–Trinajstić information content (AvgIpc) is 3.36. The molecule has 0 unspecified atom stereocenters. The Balaban J connectivity index is 1.55. The number of aromatic nitrogens is 1. The zero-order valence-electron chi connectivity index (χ0n) is 20.6. The van der Waals surface area contributed by atoms with E-state index in [4.69, 9.17) is 4.74 Å². The van der Waals surface area contributed by atoms with Crippen molar-refractivity contribution >= 4 is 23.4 Å². The monoisotopic (exact) mass is 492 g/mol. The molecule has 8 nitrogen and oxygen atoms in total. The van der Waals surface area contributed by atoms with Gasteiger partial charge in [0.05, 0.1) is 23.1 Å². The lowest BCUT2D eigenvalue weighted by Gasteiger charge is -2.35. The number of nitrogens with zero attached hydrogens (tertiary/aromatic N) is 2. The van der Waals surface area contributed by atoms with E-state index in [1.165, 1.54) is 23.1 Å². The zero-order valence-corrected chi connectivity index (χ0v) is 20.6. The SMILES string of the molecule is CC(C)(C)NC(=O)[C@H]1N(Cc2cccnc2)C(=O)[C@@H]2[C@H](C(=O)Nc3ccccc3F)[C@]3(C)C=C[C@]21O3. The molecule has 9 heteroatoms. The molecule has 4 heterocycles. The number of amides is 3. The number of pyridine rings is 1. The maximum atomic E-state index is 14.3. The predicted octanol–water partition coefficient (Wildman–Crippen LogP) is 2.81. The Morgan fingerprint density at radius 1 is 1.14 bits per heavy atom. The van der Waals surface area contributed by atoms with Crippen LogP contribution in [0.5, 0.6) is 0 Å². The summed E-state index contributed by atoms with van der Waals surface area (Å²) < 4.78 is 20.8. The smallest absolute Gasteiger partial charge is 0.246 e. The van der Waals surface area contributed by atoms with E-state index in [1.54, 1.807) is 43.6 Å². The highest BCUT2D eigenvalue weighted by molar-refractivity contribution is 6.03. The lowest BCUT2D eigenvalue weighted by Crippen LogP contribution is -2.57. The molecule has 3 aliphatic rings. The Morgan fingerprint density at radius 3 is 2.56 bits per heavy atom. The number of carbonyl (C=O) groups is 3. The molecule has 1 aromatic heterocycles. The summed E-state index contributed by atoms with van der Waals surface area (Å²) >= 11 is 0. The first kappa shape index (κ1) is 24.1. The maximum Gasteiger partial charge on any atom is 0.246 e. The van der Waals surface area contributed by atoms with Gasteiger partial charge in [-0.2, -0.15) is 0 Å². The minimum atomic E-state index is -1.33. The molecule has 5 rings (SSSR count). The van der Waals surface area contributed by atoms with Crippen LogP contribution in [0, 0.1) is 17.7 Å². The standard InChI is InChI=1S/C27H29FN4O4/c1-25(2,3)31-23(34)21-27-12-11-26(4,36-27)19(22(33)30-18-10-6-5-9-17(18)28)20(27)24(35)32(21)15-16-8-7-13-29-14-16/h5-14,19-21H,15H2,1-4H3,(H,30,33)(H,31,34)/t19-,20+,21-,26+,27+/m1/s1. The third-order valence-electron chi connectivity index (χ3n) is 7.03. The number of benzene rings is 1. The number of likely N-dealkylation sites (tertiary alicyclic amines) is 1. The van der Waals surface area contributed by atoms with Crippen LogP contribution in [0.15, 0.2) is 60.9 Å². The number of halogens is 1. The van der Waals surface area contributed by atoms with Crippen LogP contribution >= 0.6 is 0 Å². The van der Waals surface area contributed by atoms with Crippen molar-refractivity contribution in [1.29, 1.82) is 0 Å². The van der Waals surface area contributed by atoms with Gasteiger partial charge in [-0.25, -0.2) is 4.39 Å². The average molecular weight is 493 g/mol. The Bertz CT molecular complexity index is 1260. The topological polar surface area (TPSA) is 101 Å². The van der Waals surface area contributed by atoms with Crippen molar-refractivity contribution < 1.29 is 23.5 Å². The summed E-state index contributed by atoms with van der Waals surface area (Å²) in [4.78, 5) is 46.8. The van der Waals surface area contributed by atoms with Crippen molar-refractivity contribution in [1.82, 2.24) is 15.2 Å². The quantitative estimate of drug-likeness (QED) is 0.626. The van der Waals surface area contributed by atoms with Crippen LogP contribution in [0.3, 0.4) is 0 Å². The number of para-hydroxylation sites is 1. The van der Waals surface area contributed by atoms with E-state index in [1.807, 2.05) is 26.8 Å². The van der Waals surface area contributed by atoms with Gasteiger partial charge < -0.3 is 20.3 Å². The first-order valence-corrected chi connectivity index (χ1v) is 11.9. The summed E-state index contributed by atoms with van der Waals surface area (Å²) in [6, 6.07) is 8.43. The predicted molar refractivity (Wildman–Crippen MR) is 130 cm³/mol. The molecule has 2 fully saturated rings. The van der Waals surface area contributed by atoms with E-state index >= 15 is 0 Å². The number of hydrogen-bond donors (Lipinski definition) is 2. The Labute approximate surface area is 208 Å². The number of carbonyl (C=O) groups excluding carboxylic acids is 3. The number of anilines is 1. The van der Waals surface area contributed by atoms with Gasteiger partial charge in [0.1, 0.15) is 17.5 Å². The second kappa shape index (κ2) is 8.23. The molecule has 1 aromatic carbocycles. The molecule has 2 bridgehead atoms. The molecule has 5 atom stereocenters. The van der Waals surface area contributed by atoms with Gasteiger partial charge in [0.2, 0.25) is 17.7 Å². The molecule has 3 aliphatic heterocycles. The van der Waals surface area contributed by atoms with Crippen molar-refractivity contribution in [3.63, 3.8) is 0 Å². The van der Waals surface area contributed by atoms with Crippen LogP contribution in [0.25, 0.3) is 0 Å². The highest BCUT2D eigenvalue weighted by Gasteiger charge is 2.76. The van der Waals surface area contributed by atoms with Crippen molar-refractivity contribution in [3.05, 3.63) is 72.3 Å². The molecular weight excluding hydrogens is 463 g/mol. The van der Waals surface area contributed by atoms with Gasteiger partial charge in [-0.15, -0.1) is 0 Å². The maximum absolute atomic E-state index is 14.3. The lowest BCUT2D eigenvalue weighted by molar-refractivity contribution is -0.145. The highest BCUT2D eigenvalue weighted by atomic mass is 19.1. The molecule has 2 saturated heterocycles. The normalized spacial score (nSPS) is 30.4. The van der Waals surface area contributed by atoms with E-state index in [9.17, 15) is 18.8 Å². The van der Waals surface area contributed by atoms with Crippen LogP contribution in [-0.4, -0.2) is 50.4 Å². The van der Waals surface area contributed by atoms with E-state index in [-0.39, 0.29) is 24.0 Å². The van der Waals surface area contributed by atoms with Gasteiger partial charge in [-0.3, -0.25) is 19.4 Å². The van der Waals surface area contributed by atoms with Crippen LogP contribution in [0.1, 0.15) is 33.3 Å². The molecule has 2 N–H and O–H groups in total. The van der Waals surface area contributed by atoms with Crippen molar-refractivity contribution in [2.45, 2.75) is 57.0 Å². The minimum Gasteiger partial charge on any atom is -0.356 e. The van der Waals surface area contributed by atoms with Crippen LogP contribution in [0.4, 0.5) is 10.1 Å². The zero-order chi connectivity index (χ0) is 25.9. The van der Waals surface area contributed by atoms with Crippen LogP contribution in [0.2, 0.25) is 0 Å². The van der Waals surface area contributed by atoms with Gasteiger partial charge in [0.25, 0.3) is 0 Å². The summed E-state index contributed by atoms with van der Waals surface area (Å²) in [5.74, 6) is -3.76. The summed E-state index contributed by atoms with van der Waals surface area (Å²) in [6.07, 6.45) is 6.76. The first-order chi connectivity index (χ1) is 17.0. The van der Waals surface area contributed by atoms with Crippen molar-refractivity contribution in [3.8, 4) is 0 Å². The summed E-state index contributed by atoms with van der Waals surface area (Å²) in [7, 11) is 0. The molecular formula is C27H29FN4O4. The summed E-state index contributed by atoms with van der Waals surface area (Å²) in [5.41, 5.74) is -2.25. The molecule has 0 aliphatic carbocycles. The van der Waals surface area contributed by atoms with Gasteiger partial charge in [0, 0.05) is 24.5 Å². The number of rotatable bonds is 5. The van der Waals surface area contributed by atoms with E-state index in [0.717, 1.165) is 5.56 Å². The number of fused-ring (bicyclic) bond motifs is 1.